The zero-order valence-corrected chi connectivity index (χ0v) is 17.1. The van der Waals surface area contributed by atoms with Crippen molar-refractivity contribution < 1.29 is 19.1 Å². The first-order valence-corrected chi connectivity index (χ1v) is 10.6. The predicted octanol–water partition coefficient (Wildman–Crippen LogP) is 2.69. The number of hydrogen-bond acceptors (Lipinski definition) is 4. The number of aryl methyl sites for hydroxylation is 1. The number of benzene rings is 1. The molecule has 2 aliphatic heterocycles. The maximum absolute atomic E-state index is 13.0. The minimum Gasteiger partial charge on any atom is -0.493 e. The number of carbonyl (C=O) groups is 3. The Balaban J connectivity index is 1.40. The van der Waals surface area contributed by atoms with E-state index in [-0.39, 0.29) is 30.3 Å². The van der Waals surface area contributed by atoms with Crippen molar-refractivity contribution in [1.29, 1.82) is 0 Å². The highest BCUT2D eigenvalue weighted by atomic mass is 16.5. The summed E-state index contributed by atoms with van der Waals surface area (Å²) in [5.41, 5.74) is 1.30. The largest absolute Gasteiger partial charge is 0.493 e. The SMILES string of the molecule is C[C@H](NC(=O)CN1C(=O)N[C@]2(CCCC[C@H]2C)C1=O)c1ccc2c(c1)CCCO2. The number of urea groups is 1. The maximum Gasteiger partial charge on any atom is 0.325 e. The molecule has 7 heteroatoms. The third-order valence-corrected chi connectivity index (χ3v) is 6.61. The number of rotatable bonds is 4. The van der Waals surface area contributed by atoms with Crippen molar-refractivity contribution in [2.24, 2.45) is 5.92 Å². The van der Waals surface area contributed by atoms with Gasteiger partial charge in [0.2, 0.25) is 5.91 Å². The third-order valence-electron chi connectivity index (χ3n) is 6.61. The summed E-state index contributed by atoms with van der Waals surface area (Å²) in [7, 11) is 0. The van der Waals surface area contributed by atoms with Gasteiger partial charge in [-0.1, -0.05) is 31.9 Å². The van der Waals surface area contributed by atoms with Crippen molar-refractivity contribution in [1.82, 2.24) is 15.5 Å². The second-order valence-corrected chi connectivity index (χ2v) is 8.55. The van der Waals surface area contributed by atoms with Gasteiger partial charge in [-0.05, 0) is 55.7 Å². The number of amides is 4. The molecule has 3 aliphatic rings. The summed E-state index contributed by atoms with van der Waals surface area (Å²) in [5, 5.41) is 5.81. The second kappa shape index (κ2) is 7.69. The number of imide groups is 1. The van der Waals surface area contributed by atoms with Gasteiger partial charge in [0.25, 0.3) is 5.91 Å². The maximum atomic E-state index is 13.0. The van der Waals surface area contributed by atoms with Crippen LogP contribution in [0, 0.1) is 5.92 Å². The van der Waals surface area contributed by atoms with Crippen LogP contribution in [0.1, 0.15) is 63.1 Å². The van der Waals surface area contributed by atoms with Gasteiger partial charge in [-0.25, -0.2) is 4.79 Å². The molecule has 1 saturated heterocycles. The van der Waals surface area contributed by atoms with E-state index in [2.05, 4.69) is 16.7 Å². The molecule has 29 heavy (non-hydrogen) atoms. The van der Waals surface area contributed by atoms with E-state index in [0.717, 1.165) is 60.5 Å². The minimum atomic E-state index is -0.834. The fraction of sp³-hybridized carbons (Fsp3) is 0.591. The van der Waals surface area contributed by atoms with E-state index in [1.165, 1.54) is 0 Å². The number of nitrogens with one attached hydrogen (secondary N) is 2. The van der Waals surface area contributed by atoms with E-state index < -0.39 is 11.6 Å². The van der Waals surface area contributed by atoms with E-state index >= 15 is 0 Å². The molecule has 156 valence electrons. The molecule has 0 radical (unpaired) electrons. The molecule has 0 unspecified atom stereocenters. The average molecular weight is 399 g/mol. The van der Waals surface area contributed by atoms with E-state index in [9.17, 15) is 14.4 Å². The number of ether oxygens (including phenoxy) is 1. The fourth-order valence-corrected chi connectivity index (χ4v) is 4.80. The summed E-state index contributed by atoms with van der Waals surface area (Å²) >= 11 is 0. The fourth-order valence-electron chi connectivity index (χ4n) is 4.80. The number of fused-ring (bicyclic) bond motifs is 1. The van der Waals surface area contributed by atoms with Gasteiger partial charge in [-0.3, -0.25) is 14.5 Å². The van der Waals surface area contributed by atoms with Crippen LogP contribution in [0.4, 0.5) is 4.79 Å². The molecule has 3 atom stereocenters. The van der Waals surface area contributed by atoms with Crippen molar-refractivity contribution in [2.45, 2.75) is 64.0 Å². The van der Waals surface area contributed by atoms with Crippen molar-refractivity contribution in [3.8, 4) is 5.75 Å². The predicted molar refractivity (Wildman–Crippen MR) is 107 cm³/mol. The zero-order valence-electron chi connectivity index (χ0n) is 17.1. The van der Waals surface area contributed by atoms with Gasteiger partial charge in [-0.15, -0.1) is 0 Å². The van der Waals surface area contributed by atoms with E-state index in [0.29, 0.717) is 6.42 Å². The van der Waals surface area contributed by atoms with Gasteiger partial charge in [-0.2, -0.15) is 0 Å². The first kappa shape index (κ1) is 19.7. The van der Waals surface area contributed by atoms with E-state index in [1.54, 1.807) is 0 Å². The monoisotopic (exact) mass is 399 g/mol. The highest BCUT2D eigenvalue weighted by Crippen LogP contribution is 2.38. The van der Waals surface area contributed by atoms with Crippen LogP contribution >= 0.6 is 0 Å². The molecule has 1 spiro atoms. The minimum absolute atomic E-state index is 0.0809. The molecule has 1 saturated carbocycles. The lowest BCUT2D eigenvalue weighted by atomic mass is 9.73. The Labute approximate surface area is 171 Å². The van der Waals surface area contributed by atoms with Gasteiger partial charge in [0, 0.05) is 0 Å². The Hall–Kier alpha value is -2.57. The smallest absolute Gasteiger partial charge is 0.325 e. The third kappa shape index (κ3) is 3.58. The summed E-state index contributed by atoms with van der Waals surface area (Å²) < 4.78 is 5.64. The second-order valence-electron chi connectivity index (χ2n) is 8.55. The molecular formula is C22H29N3O4. The van der Waals surface area contributed by atoms with Crippen molar-refractivity contribution in [2.75, 3.05) is 13.2 Å². The Bertz CT molecular complexity index is 839. The lowest BCUT2D eigenvalue weighted by Gasteiger charge is -2.36. The summed E-state index contributed by atoms with van der Waals surface area (Å²) in [5.74, 6) is 0.390. The highest BCUT2D eigenvalue weighted by molar-refractivity contribution is 6.09. The summed E-state index contributed by atoms with van der Waals surface area (Å²) in [6, 6.07) is 5.27. The Kier molecular flexibility index (Phi) is 5.23. The molecule has 0 bridgehead atoms. The van der Waals surface area contributed by atoms with Gasteiger partial charge in [0.05, 0.1) is 12.6 Å². The normalized spacial score (nSPS) is 27.2. The molecule has 4 amide bonds. The van der Waals surface area contributed by atoms with Crippen molar-refractivity contribution >= 4 is 17.8 Å². The first-order chi connectivity index (χ1) is 13.9. The van der Waals surface area contributed by atoms with Crippen molar-refractivity contribution in [3.63, 3.8) is 0 Å². The molecule has 4 rings (SSSR count). The Morgan fingerprint density at radius 2 is 2.17 bits per heavy atom. The molecule has 1 aromatic carbocycles. The summed E-state index contributed by atoms with van der Waals surface area (Å²) in [6.07, 6.45) is 5.48. The van der Waals surface area contributed by atoms with Crippen LogP contribution in [0.2, 0.25) is 0 Å². The van der Waals surface area contributed by atoms with Crippen LogP contribution in [0.3, 0.4) is 0 Å². The van der Waals surface area contributed by atoms with Crippen LogP contribution in [-0.4, -0.2) is 41.4 Å². The van der Waals surface area contributed by atoms with Crippen LogP contribution in [-0.2, 0) is 16.0 Å². The van der Waals surface area contributed by atoms with Gasteiger partial charge < -0.3 is 15.4 Å². The molecular weight excluding hydrogens is 370 g/mol. The van der Waals surface area contributed by atoms with E-state index in [1.807, 2.05) is 26.0 Å². The van der Waals surface area contributed by atoms with Gasteiger partial charge in [0.15, 0.2) is 0 Å². The summed E-state index contributed by atoms with van der Waals surface area (Å²) in [6.45, 7) is 4.39. The lowest BCUT2D eigenvalue weighted by molar-refractivity contribution is -0.137. The lowest BCUT2D eigenvalue weighted by Crippen LogP contribution is -2.54. The molecule has 7 nitrogen and oxygen atoms in total. The van der Waals surface area contributed by atoms with Crippen molar-refractivity contribution in [3.05, 3.63) is 29.3 Å². The topological polar surface area (TPSA) is 87.7 Å². The number of nitrogens with zero attached hydrogens (tertiary/aromatic N) is 1. The summed E-state index contributed by atoms with van der Waals surface area (Å²) in [4.78, 5) is 39.1. The van der Waals surface area contributed by atoms with E-state index in [4.69, 9.17) is 4.74 Å². The standard InChI is InChI=1S/C22H29N3O4/c1-14-6-3-4-10-22(14)20(27)25(21(28)24-22)13-19(26)23-15(2)16-8-9-18-17(12-16)7-5-11-29-18/h8-9,12,14-15H,3-7,10-11,13H2,1-2H3,(H,23,26)(H,24,28)/t14-,15+,22+/m1/s1. The molecule has 1 aliphatic carbocycles. The average Bonchev–Trinajstić information content (AvgIpc) is 2.94. The van der Waals surface area contributed by atoms with Crippen LogP contribution in [0.5, 0.6) is 5.75 Å². The van der Waals surface area contributed by atoms with Gasteiger partial charge >= 0.3 is 6.03 Å². The first-order valence-electron chi connectivity index (χ1n) is 10.6. The Morgan fingerprint density at radius 3 is 2.97 bits per heavy atom. The van der Waals surface area contributed by atoms with Crippen LogP contribution in [0.25, 0.3) is 0 Å². The number of hydrogen-bond donors (Lipinski definition) is 2. The molecule has 2 N–H and O–H groups in total. The number of carbonyl (C=O) groups excluding carboxylic acids is 3. The van der Waals surface area contributed by atoms with Gasteiger partial charge in [0.1, 0.15) is 17.8 Å². The molecule has 1 aromatic rings. The molecule has 0 aromatic heterocycles. The van der Waals surface area contributed by atoms with Crippen LogP contribution < -0.4 is 15.4 Å². The zero-order chi connectivity index (χ0) is 20.6. The highest BCUT2D eigenvalue weighted by Gasteiger charge is 2.55. The quantitative estimate of drug-likeness (QED) is 0.762. The van der Waals surface area contributed by atoms with Crippen LogP contribution in [0.15, 0.2) is 18.2 Å². The molecule has 2 fully saturated rings. The molecule has 2 heterocycles. The Morgan fingerprint density at radius 1 is 1.34 bits per heavy atom.